The van der Waals surface area contributed by atoms with E-state index in [0.29, 0.717) is 0 Å². The van der Waals surface area contributed by atoms with Crippen molar-refractivity contribution in [1.82, 2.24) is 0 Å². The molecule has 6 aliphatic heterocycles. The molecule has 30 heteroatoms. The average Bonchev–Trinajstić information content (AvgIpc) is 3.30. The van der Waals surface area contributed by atoms with E-state index in [1.165, 1.54) is 6.92 Å². The molecule has 0 unspecified atom stereocenters. The molecule has 0 amide bonds. The molecule has 66 heavy (non-hydrogen) atoms. The van der Waals surface area contributed by atoms with Gasteiger partial charge in [0.05, 0.1) is 39.1 Å². The highest BCUT2D eigenvalue weighted by Crippen LogP contribution is 2.36. The first-order valence-corrected chi connectivity index (χ1v) is 21.0. The highest BCUT2D eigenvalue weighted by Gasteiger charge is 2.56. The monoisotopic (exact) mass is 974 g/mol. The molecule has 30 atom stereocenters. The topological polar surface area (TPSA) is 486 Å². The lowest BCUT2D eigenvalue weighted by molar-refractivity contribution is -0.396. The lowest BCUT2D eigenvalue weighted by atomic mass is 9.96. The molecule has 6 fully saturated rings. The Morgan fingerprint density at radius 1 is 0.303 bits per heavy atom. The molecule has 0 aromatic carbocycles. The van der Waals surface area contributed by atoms with E-state index in [0.717, 1.165) is 0 Å². The second kappa shape index (κ2) is 22.9. The van der Waals surface area contributed by atoms with Crippen molar-refractivity contribution in [3.8, 4) is 0 Å². The molecule has 6 saturated heterocycles. The standard InChI is InChI=1S/C36H62O30/c1-7-13(40)19(46)25(52)32(58-7)66-30-28(18(45)10(4-39)62-36(30)57-5-11-16(43)20(47)24(51)31(55)59-11)64-34-27(54)22(49)17(44)12(63-34)6-56-35-29(23(50)15(42)9(3-38)61-35)65-33-26(53)21(48)14(41)8(2-37)60-33/h7-55H,2-6H2,1H3/t7-,8+,9+,10+,11+,12+,13+,14+,15+,16+,17-,18-,19+,20-,21-,22-,23+,24-,25-,26-,27+,28-,29-,30+,31-,32-,33+,34+,35-,36+/m0/s1. The van der Waals surface area contributed by atoms with E-state index >= 15 is 0 Å². The third-order valence-electron chi connectivity index (χ3n) is 12.4. The summed E-state index contributed by atoms with van der Waals surface area (Å²) >= 11 is 0. The maximum Gasteiger partial charge on any atom is 0.187 e. The van der Waals surface area contributed by atoms with E-state index in [9.17, 15) is 97.0 Å². The largest absolute Gasteiger partial charge is 0.394 e. The fraction of sp³-hybridized carbons (Fsp3) is 1.00. The SMILES string of the molecule is C[C@@H]1O[C@@H](O[C@H]2[C@H](OC[C@H]3O[C@H](O)[C@@H](O)[C@@H](O)[C@@H]3O)O[C@H](CO)[C@H](O)[C@@H]2O[C@H]2O[C@H](CO[C@H]3O[C@H](CO)[C@@H](O)[C@@H](O)[C@@H]3O[C@H]3O[C@H](CO)[C@@H](O)[C@H](O)[C@@H]3O)[C@H](O)[C@H](O)[C@H]2O)[C@@H](O)[C@H](O)[C@@H]1O. The number of ether oxygens (including phenoxy) is 11. The normalized spacial score (nSPS) is 54.0. The zero-order valence-electron chi connectivity index (χ0n) is 34.8. The third-order valence-corrected chi connectivity index (χ3v) is 12.4. The Balaban J connectivity index is 1.23. The Labute approximate surface area is 373 Å². The minimum atomic E-state index is -2.20. The van der Waals surface area contributed by atoms with Crippen molar-refractivity contribution in [3.63, 3.8) is 0 Å². The predicted octanol–water partition coefficient (Wildman–Crippen LogP) is -13.1. The van der Waals surface area contributed by atoms with Crippen LogP contribution in [-0.2, 0) is 52.1 Å². The average molecular weight is 975 g/mol. The lowest BCUT2D eigenvalue weighted by Crippen LogP contribution is -2.67. The molecule has 0 aliphatic carbocycles. The second-order valence-corrected chi connectivity index (χ2v) is 16.8. The number of rotatable bonds is 15. The second-order valence-electron chi connectivity index (χ2n) is 16.8. The zero-order chi connectivity index (χ0) is 48.6. The maximum absolute atomic E-state index is 11.5. The number of hydrogen-bond donors (Lipinski definition) is 19. The van der Waals surface area contributed by atoms with Gasteiger partial charge < -0.3 is 149 Å². The summed E-state index contributed by atoms with van der Waals surface area (Å²) in [6, 6.07) is 0. The van der Waals surface area contributed by atoms with Crippen molar-refractivity contribution in [1.29, 1.82) is 0 Å². The summed E-state index contributed by atoms with van der Waals surface area (Å²) in [7, 11) is 0. The highest BCUT2D eigenvalue weighted by atomic mass is 16.8. The first-order valence-electron chi connectivity index (χ1n) is 21.0. The first kappa shape index (κ1) is 54.1. The summed E-state index contributed by atoms with van der Waals surface area (Å²) in [5.41, 5.74) is 0. The van der Waals surface area contributed by atoms with Crippen LogP contribution in [0.25, 0.3) is 0 Å². The molecule has 0 radical (unpaired) electrons. The van der Waals surface area contributed by atoms with Crippen molar-refractivity contribution in [2.45, 2.75) is 191 Å². The van der Waals surface area contributed by atoms with Gasteiger partial charge in [-0.1, -0.05) is 0 Å². The summed E-state index contributed by atoms with van der Waals surface area (Å²) in [5, 5.41) is 199. The minimum Gasteiger partial charge on any atom is -0.394 e. The first-order chi connectivity index (χ1) is 31.1. The summed E-state index contributed by atoms with van der Waals surface area (Å²) in [6.07, 6.45) is -56.2. The molecule has 0 saturated carbocycles. The van der Waals surface area contributed by atoms with E-state index in [-0.39, 0.29) is 0 Å². The summed E-state index contributed by atoms with van der Waals surface area (Å²) in [5.74, 6) is 0. The molecular weight excluding hydrogens is 912 g/mol. The van der Waals surface area contributed by atoms with Gasteiger partial charge in [-0.3, -0.25) is 0 Å². The predicted molar refractivity (Wildman–Crippen MR) is 198 cm³/mol. The van der Waals surface area contributed by atoms with Gasteiger partial charge in [0, 0.05) is 0 Å². The lowest BCUT2D eigenvalue weighted by Gasteiger charge is -2.49. The van der Waals surface area contributed by atoms with Crippen LogP contribution < -0.4 is 0 Å². The Hall–Kier alpha value is -1.20. The van der Waals surface area contributed by atoms with Crippen LogP contribution in [-0.4, -0.2) is 314 Å². The van der Waals surface area contributed by atoms with E-state index in [1.807, 2.05) is 0 Å². The van der Waals surface area contributed by atoms with Crippen LogP contribution in [0.4, 0.5) is 0 Å². The highest BCUT2D eigenvalue weighted by molar-refractivity contribution is 4.98. The number of aliphatic hydroxyl groups excluding tert-OH is 19. The van der Waals surface area contributed by atoms with Crippen LogP contribution >= 0.6 is 0 Å². The molecule has 386 valence electrons. The van der Waals surface area contributed by atoms with Gasteiger partial charge in [-0.15, -0.1) is 0 Å². The van der Waals surface area contributed by atoms with E-state index < -0.39 is 217 Å². The molecular formula is C36H62O30. The van der Waals surface area contributed by atoms with Crippen molar-refractivity contribution in [2.75, 3.05) is 33.0 Å². The molecule has 0 spiro atoms. The third kappa shape index (κ3) is 11.1. The number of hydrogen-bond acceptors (Lipinski definition) is 30. The van der Waals surface area contributed by atoms with Crippen LogP contribution in [0.3, 0.4) is 0 Å². The van der Waals surface area contributed by atoms with Crippen molar-refractivity contribution in [2.24, 2.45) is 0 Å². The molecule has 0 bridgehead atoms. The van der Waals surface area contributed by atoms with Crippen LogP contribution in [0, 0.1) is 0 Å². The van der Waals surface area contributed by atoms with Crippen molar-refractivity contribution < 1.29 is 149 Å². The zero-order valence-corrected chi connectivity index (χ0v) is 34.8. The van der Waals surface area contributed by atoms with Crippen LogP contribution in [0.2, 0.25) is 0 Å². The van der Waals surface area contributed by atoms with Gasteiger partial charge >= 0.3 is 0 Å². The van der Waals surface area contributed by atoms with Crippen LogP contribution in [0.15, 0.2) is 0 Å². The molecule has 6 rings (SSSR count). The smallest absolute Gasteiger partial charge is 0.187 e. The Morgan fingerprint density at radius 3 is 1.17 bits per heavy atom. The molecule has 6 heterocycles. The Morgan fingerprint density at radius 2 is 0.652 bits per heavy atom. The Bertz CT molecular complexity index is 1490. The van der Waals surface area contributed by atoms with Gasteiger partial charge in [-0.2, -0.15) is 0 Å². The molecule has 0 aromatic heterocycles. The van der Waals surface area contributed by atoms with Gasteiger partial charge in [-0.25, -0.2) is 0 Å². The molecule has 0 aromatic rings. The fourth-order valence-corrected chi connectivity index (χ4v) is 8.20. The van der Waals surface area contributed by atoms with Gasteiger partial charge in [-0.05, 0) is 6.92 Å². The Kier molecular flexibility index (Phi) is 18.8. The van der Waals surface area contributed by atoms with Gasteiger partial charge in [0.1, 0.15) is 140 Å². The number of aliphatic hydroxyl groups is 19. The van der Waals surface area contributed by atoms with E-state index in [4.69, 9.17) is 52.1 Å². The van der Waals surface area contributed by atoms with Crippen LogP contribution in [0.5, 0.6) is 0 Å². The van der Waals surface area contributed by atoms with E-state index in [2.05, 4.69) is 0 Å². The summed E-state index contributed by atoms with van der Waals surface area (Å²) in [6.45, 7) is -3.17. The van der Waals surface area contributed by atoms with E-state index in [1.54, 1.807) is 0 Å². The quantitative estimate of drug-likeness (QED) is 0.0724. The minimum absolute atomic E-state index is 0.806. The van der Waals surface area contributed by atoms with Crippen molar-refractivity contribution >= 4 is 0 Å². The summed E-state index contributed by atoms with van der Waals surface area (Å²) < 4.78 is 62.1. The van der Waals surface area contributed by atoms with Gasteiger partial charge in [0.25, 0.3) is 0 Å². The molecule has 6 aliphatic rings. The van der Waals surface area contributed by atoms with Gasteiger partial charge in [0.15, 0.2) is 37.7 Å². The van der Waals surface area contributed by atoms with Crippen molar-refractivity contribution in [3.05, 3.63) is 0 Å². The maximum atomic E-state index is 11.5. The van der Waals surface area contributed by atoms with Crippen LogP contribution in [0.1, 0.15) is 6.92 Å². The van der Waals surface area contributed by atoms with Gasteiger partial charge in [0.2, 0.25) is 0 Å². The molecule has 30 nitrogen and oxygen atoms in total. The molecule has 19 N–H and O–H groups in total. The summed E-state index contributed by atoms with van der Waals surface area (Å²) in [4.78, 5) is 0. The fourth-order valence-electron chi connectivity index (χ4n) is 8.20.